The Hall–Kier alpha value is -3.67. The number of allylic oxidation sites excluding steroid dienone is 16. The molecule has 0 aliphatic heterocycles. The minimum absolute atomic E-state index is 0.102. The van der Waals surface area contributed by atoms with Crippen LogP contribution in [0.25, 0.3) is 0 Å². The van der Waals surface area contributed by atoms with E-state index in [1.165, 1.54) is 116 Å². The largest absolute Gasteiger partial charge is 0.462 e. The number of carbonyl (C=O) groups excluding carboxylic acids is 3. The van der Waals surface area contributed by atoms with Crippen LogP contribution in [0, 0.1) is 0 Å². The van der Waals surface area contributed by atoms with Gasteiger partial charge in [0.2, 0.25) is 0 Å². The molecular formula is C60H100O6. The van der Waals surface area contributed by atoms with Crippen LogP contribution < -0.4 is 0 Å². The van der Waals surface area contributed by atoms with Crippen molar-refractivity contribution >= 4 is 17.9 Å². The number of hydrogen-bond donors (Lipinski definition) is 0. The fraction of sp³-hybridized carbons (Fsp3) is 0.683. The van der Waals surface area contributed by atoms with Crippen LogP contribution in [0.4, 0.5) is 0 Å². The Labute approximate surface area is 407 Å². The summed E-state index contributed by atoms with van der Waals surface area (Å²) in [6.45, 7) is 6.42. The molecule has 6 heteroatoms. The third kappa shape index (κ3) is 51.3. The van der Waals surface area contributed by atoms with Gasteiger partial charge in [-0.05, 0) is 89.9 Å². The molecule has 0 aliphatic carbocycles. The molecule has 0 rings (SSSR count). The van der Waals surface area contributed by atoms with E-state index < -0.39 is 6.10 Å². The van der Waals surface area contributed by atoms with Crippen molar-refractivity contribution in [1.82, 2.24) is 0 Å². The molecule has 0 spiro atoms. The van der Waals surface area contributed by atoms with Crippen molar-refractivity contribution in [1.29, 1.82) is 0 Å². The van der Waals surface area contributed by atoms with Gasteiger partial charge < -0.3 is 14.2 Å². The second kappa shape index (κ2) is 53.9. The van der Waals surface area contributed by atoms with Crippen LogP contribution in [-0.4, -0.2) is 37.2 Å². The van der Waals surface area contributed by atoms with Crippen LogP contribution in [0.15, 0.2) is 97.2 Å². The third-order valence-electron chi connectivity index (χ3n) is 11.3. The van der Waals surface area contributed by atoms with Crippen LogP contribution in [0.5, 0.6) is 0 Å². The second-order valence-electron chi connectivity index (χ2n) is 17.8. The molecule has 1 unspecified atom stereocenters. The van der Waals surface area contributed by atoms with E-state index in [9.17, 15) is 14.4 Å². The van der Waals surface area contributed by atoms with Gasteiger partial charge >= 0.3 is 17.9 Å². The minimum Gasteiger partial charge on any atom is -0.462 e. The van der Waals surface area contributed by atoms with Gasteiger partial charge in [0.25, 0.3) is 0 Å². The van der Waals surface area contributed by atoms with Gasteiger partial charge in [0.15, 0.2) is 6.10 Å². The Morgan fingerprint density at radius 1 is 0.318 bits per heavy atom. The summed E-state index contributed by atoms with van der Waals surface area (Å²) in [5, 5.41) is 0. The van der Waals surface area contributed by atoms with Gasteiger partial charge in [-0.3, -0.25) is 14.4 Å². The fourth-order valence-corrected chi connectivity index (χ4v) is 7.26. The first-order chi connectivity index (χ1) is 32.5. The Kier molecular flexibility index (Phi) is 50.9. The molecule has 6 nitrogen and oxygen atoms in total. The fourth-order valence-electron chi connectivity index (χ4n) is 7.26. The summed E-state index contributed by atoms with van der Waals surface area (Å²) in [5.74, 6) is -0.995. The zero-order valence-corrected chi connectivity index (χ0v) is 42.9. The van der Waals surface area contributed by atoms with Crippen LogP contribution >= 0.6 is 0 Å². The quantitative estimate of drug-likeness (QED) is 0.0262. The summed E-state index contributed by atoms with van der Waals surface area (Å²) < 4.78 is 16.7. The Balaban J connectivity index is 4.45. The number of unbranched alkanes of at least 4 members (excludes halogenated alkanes) is 21. The van der Waals surface area contributed by atoms with Gasteiger partial charge in [-0.15, -0.1) is 0 Å². The van der Waals surface area contributed by atoms with E-state index in [1.807, 2.05) is 6.08 Å². The summed E-state index contributed by atoms with van der Waals surface area (Å²) in [7, 11) is 0. The Morgan fingerprint density at radius 2 is 0.621 bits per heavy atom. The number of esters is 3. The first kappa shape index (κ1) is 62.3. The highest BCUT2D eigenvalue weighted by Gasteiger charge is 2.19. The molecule has 376 valence electrons. The number of carbonyl (C=O) groups is 3. The summed E-state index contributed by atoms with van der Waals surface area (Å²) in [6, 6.07) is 0. The molecule has 0 amide bonds. The molecular weight excluding hydrogens is 817 g/mol. The van der Waals surface area contributed by atoms with E-state index in [2.05, 4.69) is 112 Å². The normalized spacial score (nSPS) is 12.8. The molecule has 0 saturated carbocycles. The maximum absolute atomic E-state index is 12.8. The standard InChI is InChI=1S/C60H100O6/c1-4-7-10-13-16-19-22-24-26-28-30-32-34-36-38-41-44-47-50-53-59(62)65-56-57(55-64-58(61)52-49-46-43-40-21-18-15-12-9-6-3)66-60(63)54-51-48-45-42-39-37-35-33-31-29-27-25-23-20-17-14-11-8-5-2/h7,10,16-17,19-20,24-27,30,32,36,38,44,47,57H,4-6,8-9,11-15,18,21-23,28-29,31,33-35,37,39-43,45-46,48-56H2,1-3H3/b10-7-,19-16-,20-17-,26-24-,27-25-,32-30-,38-36-,47-44-. The van der Waals surface area contributed by atoms with Crippen molar-refractivity contribution in [3.05, 3.63) is 97.2 Å². The topological polar surface area (TPSA) is 78.9 Å². The average Bonchev–Trinajstić information content (AvgIpc) is 3.31. The highest BCUT2D eigenvalue weighted by atomic mass is 16.6. The first-order valence-corrected chi connectivity index (χ1v) is 27.2. The summed E-state index contributed by atoms with van der Waals surface area (Å²) in [4.78, 5) is 38.0. The Morgan fingerprint density at radius 3 is 1.05 bits per heavy atom. The molecule has 0 aromatic rings. The van der Waals surface area contributed by atoms with Gasteiger partial charge in [0, 0.05) is 19.3 Å². The van der Waals surface area contributed by atoms with E-state index in [0.29, 0.717) is 19.3 Å². The van der Waals surface area contributed by atoms with E-state index >= 15 is 0 Å². The van der Waals surface area contributed by atoms with Crippen molar-refractivity contribution in [2.45, 2.75) is 252 Å². The molecule has 0 radical (unpaired) electrons. The zero-order chi connectivity index (χ0) is 47.9. The van der Waals surface area contributed by atoms with Crippen molar-refractivity contribution in [3.8, 4) is 0 Å². The van der Waals surface area contributed by atoms with Gasteiger partial charge in [-0.2, -0.15) is 0 Å². The van der Waals surface area contributed by atoms with Gasteiger partial charge in [0.05, 0.1) is 0 Å². The van der Waals surface area contributed by atoms with Gasteiger partial charge in [-0.1, -0.05) is 234 Å². The summed E-state index contributed by atoms with van der Waals surface area (Å²) in [5.41, 5.74) is 0. The zero-order valence-electron chi connectivity index (χ0n) is 42.9. The van der Waals surface area contributed by atoms with Crippen molar-refractivity contribution < 1.29 is 28.6 Å². The molecule has 66 heavy (non-hydrogen) atoms. The maximum atomic E-state index is 12.8. The second-order valence-corrected chi connectivity index (χ2v) is 17.8. The SMILES string of the molecule is CC/C=C\C/C=C\C/C=C\C/C=C\C/C=C\C/C=C\CCC(=O)OCC(COC(=O)CCCCCCCCCCCC)OC(=O)CCCCCCCCCCC/C=C\C/C=C\CCCCC. The Bertz CT molecular complexity index is 1330. The predicted molar refractivity (Wildman–Crippen MR) is 284 cm³/mol. The molecule has 0 saturated heterocycles. The molecule has 0 aromatic heterocycles. The first-order valence-electron chi connectivity index (χ1n) is 27.2. The third-order valence-corrected chi connectivity index (χ3v) is 11.3. The van der Waals surface area contributed by atoms with Gasteiger partial charge in [0.1, 0.15) is 13.2 Å². The lowest BCUT2D eigenvalue weighted by atomic mass is 10.1. The van der Waals surface area contributed by atoms with Crippen LogP contribution in [-0.2, 0) is 28.6 Å². The molecule has 1 atom stereocenters. The average molecular weight is 917 g/mol. The van der Waals surface area contributed by atoms with Crippen LogP contribution in [0.1, 0.15) is 245 Å². The van der Waals surface area contributed by atoms with Crippen molar-refractivity contribution in [2.75, 3.05) is 13.2 Å². The maximum Gasteiger partial charge on any atom is 0.306 e. The van der Waals surface area contributed by atoms with E-state index in [4.69, 9.17) is 14.2 Å². The molecule has 0 aliphatic rings. The molecule has 0 N–H and O–H groups in total. The molecule has 0 bridgehead atoms. The number of hydrogen-bond acceptors (Lipinski definition) is 6. The van der Waals surface area contributed by atoms with Gasteiger partial charge in [-0.25, -0.2) is 0 Å². The molecule has 0 aromatic carbocycles. The highest BCUT2D eigenvalue weighted by Crippen LogP contribution is 2.14. The van der Waals surface area contributed by atoms with E-state index in [1.54, 1.807) is 0 Å². The van der Waals surface area contributed by atoms with E-state index in [-0.39, 0.29) is 37.5 Å². The lowest BCUT2D eigenvalue weighted by Crippen LogP contribution is -2.30. The van der Waals surface area contributed by atoms with Crippen LogP contribution in [0.2, 0.25) is 0 Å². The summed E-state index contributed by atoms with van der Waals surface area (Å²) >= 11 is 0. The monoisotopic (exact) mass is 917 g/mol. The number of ether oxygens (including phenoxy) is 3. The molecule has 0 fully saturated rings. The lowest BCUT2D eigenvalue weighted by molar-refractivity contribution is -0.166. The highest BCUT2D eigenvalue weighted by molar-refractivity contribution is 5.71. The number of rotatable bonds is 48. The van der Waals surface area contributed by atoms with Crippen LogP contribution in [0.3, 0.4) is 0 Å². The molecule has 0 heterocycles. The van der Waals surface area contributed by atoms with E-state index in [0.717, 1.165) is 83.5 Å². The smallest absolute Gasteiger partial charge is 0.306 e. The lowest BCUT2D eigenvalue weighted by Gasteiger charge is -2.18. The van der Waals surface area contributed by atoms with Crippen molar-refractivity contribution in [2.24, 2.45) is 0 Å². The summed E-state index contributed by atoms with van der Waals surface area (Å²) in [6.07, 6.45) is 71.2. The minimum atomic E-state index is -0.809. The van der Waals surface area contributed by atoms with Crippen molar-refractivity contribution in [3.63, 3.8) is 0 Å². The predicted octanol–water partition coefficient (Wildman–Crippen LogP) is 18.1.